The number of ether oxygens (including phenoxy) is 1. The van der Waals surface area contributed by atoms with Crippen molar-refractivity contribution in [3.8, 4) is 28.1 Å². The van der Waals surface area contributed by atoms with Crippen molar-refractivity contribution < 1.29 is 19.1 Å². The van der Waals surface area contributed by atoms with E-state index in [4.69, 9.17) is 32.9 Å². The van der Waals surface area contributed by atoms with E-state index in [2.05, 4.69) is 20.5 Å². The van der Waals surface area contributed by atoms with Crippen LogP contribution in [0.2, 0.25) is 10.0 Å². The highest BCUT2D eigenvalue weighted by Gasteiger charge is 2.29. The number of fused-ring (bicyclic) bond motifs is 1. The van der Waals surface area contributed by atoms with Crippen molar-refractivity contribution >= 4 is 47.0 Å². The van der Waals surface area contributed by atoms with Gasteiger partial charge in [0, 0.05) is 74.1 Å². The first-order valence-corrected chi connectivity index (χ1v) is 15.0. The number of hydrogen-bond donors (Lipinski definition) is 2. The Morgan fingerprint density at radius 3 is 2.73 bits per heavy atom. The van der Waals surface area contributed by atoms with Gasteiger partial charge >= 0.3 is 0 Å². The lowest BCUT2D eigenvalue weighted by Crippen LogP contribution is -2.41. The summed E-state index contributed by atoms with van der Waals surface area (Å²) >= 11 is 13.7. The highest BCUT2D eigenvalue weighted by molar-refractivity contribution is 6.39. The van der Waals surface area contributed by atoms with Crippen molar-refractivity contribution in [3.63, 3.8) is 0 Å². The summed E-state index contributed by atoms with van der Waals surface area (Å²) in [6.45, 7) is 2.21. The summed E-state index contributed by atoms with van der Waals surface area (Å²) in [4.78, 5) is 47.9. The number of aldehydes is 1. The molecule has 4 heterocycles. The molecule has 2 aliphatic rings. The van der Waals surface area contributed by atoms with Gasteiger partial charge in [0.15, 0.2) is 12.1 Å². The Morgan fingerprint density at radius 2 is 1.98 bits per heavy atom. The zero-order valence-corrected chi connectivity index (χ0v) is 25.7. The summed E-state index contributed by atoms with van der Waals surface area (Å²) in [5.41, 5.74) is 5.13. The number of methoxy groups -OCH3 is 1. The largest absolute Gasteiger partial charge is 0.496 e. The van der Waals surface area contributed by atoms with Gasteiger partial charge in [-0.05, 0) is 30.7 Å². The molecule has 1 saturated heterocycles. The number of benzene rings is 2. The maximum atomic E-state index is 13.5. The van der Waals surface area contributed by atoms with Gasteiger partial charge in [-0.15, -0.1) is 0 Å². The monoisotopic (exact) mass is 632 g/mol. The van der Waals surface area contributed by atoms with Crippen LogP contribution in [0.3, 0.4) is 0 Å². The number of nitrogens with one attached hydrogen (secondary N) is 2. The number of pyridine rings is 1. The molecule has 4 aromatic rings. The number of rotatable bonds is 8. The Bertz CT molecular complexity index is 1790. The molecule has 1 atom stereocenters. The molecule has 2 aliphatic heterocycles. The lowest BCUT2D eigenvalue weighted by atomic mass is 10.0. The molecule has 1 fully saturated rings. The van der Waals surface area contributed by atoms with E-state index in [9.17, 15) is 14.4 Å². The fraction of sp³-hybridized carbons (Fsp3) is 0.281. The van der Waals surface area contributed by atoms with Crippen molar-refractivity contribution in [2.45, 2.75) is 31.8 Å². The summed E-state index contributed by atoms with van der Waals surface area (Å²) < 4.78 is 7.19. The van der Waals surface area contributed by atoms with E-state index in [0.29, 0.717) is 68.2 Å². The maximum Gasteiger partial charge on any atom is 0.291 e. The Hall–Kier alpha value is -4.25. The predicted octanol–water partition coefficient (Wildman–Crippen LogP) is 5.17. The predicted molar refractivity (Wildman–Crippen MR) is 168 cm³/mol. The molecular weight excluding hydrogens is 603 g/mol. The van der Waals surface area contributed by atoms with E-state index in [-0.39, 0.29) is 17.9 Å². The normalized spacial score (nSPS) is 16.4. The minimum atomic E-state index is -0.376. The highest BCUT2D eigenvalue weighted by Crippen LogP contribution is 2.41. The van der Waals surface area contributed by atoms with Gasteiger partial charge in [-0.3, -0.25) is 24.3 Å². The number of carbonyl (C=O) groups is 3. The molecule has 0 bridgehead atoms. The summed E-state index contributed by atoms with van der Waals surface area (Å²) in [6.07, 6.45) is 4.52. The van der Waals surface area contributed by atoms with Gasteiger partial charge in [0.1, 0.15) is 5.75 Å². The van der Waals surface area contributed by atoms with Gasteiger partial charge in [0.05, 0.1) is 39.8 Å². The van der Waals surface area contributed by atoms with Gasteiger partial charge in [0.25, 0.3) is 5.91 Å². The van der Waals surface area contributed by atoms with Gasteiger partial charge in [-0.25, -0.2) is 4.98 Å². The van der Waals surface area contributed by atoms with Crippen molar-refractivity contribution in [1.82, 2.24) is 24.8 Å². The number of halogens is 2. The summed E-state index contributed by atoms with van der Waals surface area (Å²) in [7, 11) is 3.34. The zero-order valence-electron chi connectivity index (χ0n) is 24.2. The van der Waals surface area contributed by atoms with E-state index in [0.717, 1.165) is 43.6 Å². The SMILES string of the molecule is COc1cc(-c2nccc(-c3cccc(NC(=O)c4nc5c(n4C)CCN(C[C@@H]4CCC(=O)N4)C5)c3Cl)c2Cl)ccc1C=O. The molecule has 0 unspecified atom stereocenters. The number of hydrogen-bond acceptors (Lipinski definition) is 7. The van der Waals surface area contributed by atoms with E-state index < -0.39 is 0 Å². The van der Waals surface area contributed by atoms with Gasteiger partial charge in [0.2, 0.25) is 5.91 Å². The van der Waals surface area contributed by atoms with Crippen LogP contribution in [0.15, 0.2) is 48.7 Å². The molecule has 6 rings (SSSR count). The van der Waals surface area contributed by atoms with Crippen LogP contribution in [0.5, 0.6) is 5.75 Å². The Balaban J connectivity index is 1.23. The molecule has 44 heavy (non-hydrogen) atoms. The van der Waals surface area contributed by atoms with E-state index in [1.165, 1.54) is 7.11 Å². The molecule has 12 heteroatoms. The van der Waals surface area contributed by atoms with Crippen LogP contribution in [0.4, 0.5) is 5.69 Å². The summed E-state index contributed by atoms with van der Waals surface area (Å²) in [5.74, 6) is 0.434. The third kappa shape index (κ3) is 5.68. The van der Waals surface area contributed by atoms with Gasteiger partial charge in [-0.2, -0.15) is 0 Å². The van der Waals surface area contributed by atoms with E-state index in [1.54, 1.807) is 42.6 Å². The molecule has 0 aliphatic carbocycles. The number of nitrogens with zero attached hydrogens (tertiary/aromatic N) is 4. The molecule has 2 amide bonds. The molecule has 0 spiro atoms. The van der Waals surface area contributed by atoms with E-state index in [1.807, 2.05) is 17.7 Å². The van der Waals surface area contributed by atoms with Crippen LogP contribution in [0.25, 0.3) is 22.4 Å². The third-order valence-electron chi connectivity index (χ3n) is 8.16. The molecule has 2 aromatic carbocycles. The van der Waals surface area contributed by atoms with Crippen molar-refractivity contribution in [3.05, 3.63) is 81.5 Å². The van der Waals surface area contributed by atoms with Crippen LogP contribution >= 0.6 is 23.2 Å². The standard InChI is InChI=1S/C32H30Cl2N6O4/c1-39-25-11-13-40(15-20-8-9-27(42)36-20)16-24(25)37-31(39)32(43)38-23-5-3-4-21(28(23)33)22-10-12-35-30(29(22)34)18-6-7-19(17-41)26(14-18)44-2/h3-7,10,12,14,17,20H,8-9,11,13,15-16H2,1-2H3,(H,36,42)(H,38,43)/t20-/m0/s1. The molecule has 2 aromatic heterocycles. The molecule has 10 nitrogen and oxygen atoms in total. The Labute approximate surface area is 264 Å². The smallest absolute Gasteiger partial charge is 0.291 e. The zero-order chi connectivity index (χ0) is 31.0. The van der Waals surface area contributed by atoms with Crippen LogP contribution in [0, 0.1) is 0 Å². The lowest BCUT2D eigenvalue weighted by molar-refractivity contribution is -0.119. The quantitative estimate of drug-likeness (QED) is 0.257. The van der Waals surface area contributed by atoms with Gasteiger partial charge < -0.3 is 19.9 Å². The molecule has 2 N–H and O–H groups in total. The topological polar surface area (TPSA) is 118 Å². The first-order valence-electron chi connectivity index (χ1n) is 14.2. The minimum Gasteiger partial charge on any atom is -0.496 e. The second-order valence-corrected chi connectivity index (χ2v) is 11.6. The summed E-state index contributed by atoms with van der Waals surface area (Å²) in [6, 6.07) is 12.4. The first kappa shape index (κ1) is 29.8. The third-order valence-corrected chi connectivity index (χ3v) is 8.95. The van der Waals surface area contributed by atoms with Crippen LogP contribution in [-0.4, -0.2) is 63.8 Å². The van der Waals surface area contributed by atoms with Crippen LogP contribution < -0.4 is 15.4 Å². The number of anilines is 1. The van der Waals surface area contributed by atoms with Crippen molar-refractivity contribution in [1.29, 1.82) is 0 Å². The molecule has 0 saturated carbocycles. The fourth-order valence-electron chi connectivity index (χ4n) is 5.89. The summed E-state index contributed by atoms with van der Waals surface area (Å²) in [5, 5.41) is 6.63. The van der Waals surface area contributed by atoms with Gasteiger partial charge in [-0.1, -0.05) is 41.4 Å². The molecule has 0 radical (unpaired) electrons. The average molecular weight is 634 g/mol. The number of imidazole rings is 1. The second kappa shape index (κ2) is 12.4. The highest BCUT2D eigenvalue weighted by atomic mass is 35.5. The molecule has 226 valence electrons. The lowest BCUT2D eigenvalue weighted by Gasteiger charge is -2.28. The van der Waals surface area contributed by atoms with Crippen molar-refractivity contribution in [2.75, 3.05) is 25.5 Å². The molecular formula is C32H30Cl2N6O4. The minimum absolute atomic E-state index is 0.102. The number of amides is 2. The number of carbonyl (C=O) groups excluding carboxylic acids is 3. The average Bonchev–Trinajstić information content (AvgIpc) is 3.59. The fourth-order valence-corrected chi connectivity index (χ4v) is 6.49. The van der Waals surface area contributed by atoms with E-state index >= 15 is 0 Å². The number of aromatic nitrogens is 3. The Morgan fingerprint density at radius 1 is 1.16 bits per heavy atom. The van der Waals surface area contributed by atoms with Crippen molar-refractivity contribution in [2.24, 2.45) is 7.05 Å². The first-order chi connectivity index (χ1) is 21.3. The second-order valence-electron chi connectivity index (χ2n) is 10.9. The van der Waals surface area contributed by atoms with Crippen LogP contribution in [-0.2, 0) is 24.8 Å². The van der Waals surface area contributed by atoms with Crippen LogP contribution in [0.1, 0.15) is 45.2 Å². The Kier molecular flexibility index (Phi) is 8.40. The maximum absolute atomic E-state index is 13.5.